The van der Waals surface area contributed by atoms with E-state index in [1.807, 2.05) is 6.07 Å². The lowest BCUT2D eigenvalue weighted by Gasteiger charge is -2.35. The van der Waals surface area contributed by atoms with Gasteiger partial charge in [0.25, 0.3) is 0 Å². The predicted molar refractivity (Wildman–Crippen MR) is 70.2 cm³/mol. The van der Waals surface area contributed by atoms with Crippen LogP contribution >= 0.6 is 11.8 Å². The third-order valence-electron chi connectivity index (χ3n) is 3.25. The first kappa shape index (κ1) is 13.8. The van der Waals surface area contributed by atoms with E-state index >= 15 is 0 Å². The van der Waals surface area contributed by atoms with Crippen molar-refractivity contribution in [2.45, 2.75) is 29.8 Å². The van der Waals surface area contributed by atoms with Gasteiger partial charge in [-0.3, -0.25) is 0 Å². The fraction of sp³-hybridized carbons (Fsp3) is 0.538. The maximum absolute atomic E-state index is 13.7. The molecule has 5 heteroatoms. The highest BCUT2D eigenvalue weighted by atomic mass is 32.2. The van der Waals surface area contributed by atoms with E-state index in [0.717, 1.165) is 17.7 Å². The van der Waals surface area contributed by atoms with Gasteiger partial charge in [-0.2, -0.15) is 0 Å². The van der Waals surface area contributed by atoms with Gasteiger partial charge in [0.1, 0.15) is 5.82 Å². The van der Waals surface area contributed by atoms with Crippen LogP contribution in [0, 0.1) is 5.82 Å². The fourth-order valence-corrected chi connectivity index (χ4v) is 3.24. The third-order valence-corrected chi connectivity index (χ3v) is 4.41. The second-order valence-corrected chi connectivity index (χ2v) is 5.97. The summed E-state index contributed by atoms with van der Waals surface area (Å²) in [6, 6.07) is 5.04. The normalized spacial score (nSPS) is 19.7. The maximum atomic E-state index is 13.7. The average Bonchev–Trinajstić information content (AvgIpc) is 2.40. The second kappa shape index (κ2) is 5.57. The first-order valence-electron chi connectivity index (χ1n) is 6.00. The highest BCUT2D eigenvalue weighted by molar-refractivity contribution is 7.99. The van der Waals surface area contributed by atoms with Crippen molar-refractivity contribution in [3.8, 4) is 0 Å². The Morgan fingerprint density at radius 3 is 2.83 bits per heavy atom. The summed E-state index contributed by atoms with van der Waals surface area (Å²) in [6.07, 6.45) is 0.858. The van der Waals surface area contributed by atoms with Gasteiger partial charge in [0.2, 0.25) is 0 Å². The molecule has 1 unspecified atom stereocenters. The number of aliphatic hydroxyl groups is 2. The molecule has 0 saturated heterocycles. The highest BCUT2D eigenvalue weighted by Crippen LogP contribution is 2.38. The number of benzene rings is 1. The van der Waals surface area contributed by atoms with Gasteiger partial charge in [-0.1, -0.05) is 12.1 Å². The molecule has 0 bridgehead atoms. The van der Waals surface area contributed by atoms with Crippen molar-refractivity contribution in [1.82, 2.24) is 5.32 Å². The summed E-state index contributed by atoms with van der Waals surface area (Å²) in [5, 5.41) is 21.9. The van der Waals surface area contributed by atoms with Crippen LogP contribution in [0.4, 0.5) is 4.39 Å². The summed E-state index contributed by atoms with van der Waals surface area (Å²) in [5.41, 5.74) is 0.176. The van der Waals surface area contributed by atoms with Gasteiger partial charge < -0.3 is 15.5 Å². The minimum atomic E-state index is -0.740. The Morgan fingerprint density at radius 2 is 2.17 bits per heavy atom. The lowest BCUT2D eigenvalue weighted by Crippen LogP contribution is -2.51. The van der Waals surface area contributed by atoms with Crippen LogP contribution in [0.2, 0.25) is 0 Å². The molecule has 1 aromatic rings. The number of hydrogen-bond acceptors (Lipinski definition) is 4. The van der Waals surface area contributed by atoms with E-state index in [0.29, 0.717) is 4.90 Å². The second-order valence-electron chi connectivity index (χ2n) is 4.87. The van der Waals surface area contributed by atoms with Gasteiger partial charge in [0.05, 0.1) is 18.8 Å². The Hall–Kier alpha value is -0.620. The summed E-state index contributed by atoms with van der Waals surface area (Å²) in [6.45, 7) is 1.45. The predicted octanol–water partition coefficient (Wildman–Crippen LogP) is 1.70. The molecule has 0 radical (unpaired) electrons. The van der Waals surface area contributed by atoms with Crippen LogP contribution in [0.3, 0.4) is 0 Å². The average molecular weight is 271 g/mol. The Bertz CT molecular complexity index is 423. The van der Waals surface area contributed by atoms with Crippen molar-refractivity contribution in [1.29, 1.82) is 0 Å². The SMILES string of the molecule is CC(CO)(CO)NC1CCSc2c(F)cccc21. The number of hydrogen-bond donors (Lipinski definition) is 3. The molecule has 18 heavy (non-hydrogen) atoms. The van der Waals surface area contributed by atoms with Crippen molar-refractivity contribution < 1.29 is 14.6 Å². The molecule has 3 nitrogen and oxygen atoms in total. The van der Waals surface area contributed by atoms with Crippen molar-refractivity contribution in [3.05, 3.63) is 29.6 Å². The number of rotatable bonds is 4. The van der Waals surface area contributed by atoms with Crippen molar-refractivity contribution >= 4 is 11.8 Å². The van der Waals surface area contributed by atoms with Crippen LogP contribution in [0.25, 0.3) is 0 Å². The number of nitrogens with one attached hydrogen (secondary N) is 1. The maximum Gasteiger partial charge on any atom is 0.137 e. The fourth-order valence-electron chi connectivity index (χ4n) is 2.10. The van der Waals surface area contributed by atoms with Gasteiger partial charge in [0.15, 0.2) is 0 Å². The molecule has 0 aliphatic carbocycles. The molecule has 1 aliphatic rings. The summed E-state index contributed by atoms with van der Waals surface area (Å²) < 4.78 is 13.7. The van der Waals surface area contributed by atoms with Crippen LogP contribution in [0.1, 0.15) is 24.9 Å². The van der Waals surface area contributed by atoms with Gasteiger partial charge in [-0.05, 0) is 30.7 Å². The van der Waals surface area contributed by atoms with Crippen molar-refractivity contribution in [2.75, 3.05) is 19.0 Å². The monoisotopic (exact) mass is 271 g/mol. The number of aliphatic hydroxyl groups excluding tert-OH is 2. The number of fused-ring (bicyclic) bond motifs is 1. The van der Waals surface area contributed by atoms with E-state index in [4.69, 9.17) is 0 Å². The Kier molecular flexibility index (Phi) is 4.27. The molecule has 1 aliphatic heterocycles. The zero-order valence-electron chi connectivity index (χ0n) is 10.3. The molecule has 0 amide bonds. The summed E-state index contributed by atoms with van der Waals surface area (Å²) in [7, 11) is 0. The molecule has 1 heterocycles. The van der Waals surface area contributed by atoms with Gasteiger partial charge >= 0.3 is 0 Å². The Labute approximate surface area is 110 Å². The molecular weight excluding hydrogens is 253 g/mol. The van der Waals surface area contributed by atoms with E-state index in [1.54, 1.807) is 13.0 Å². The molecule has 3 N–H and O–H groups in total. The van der Waals surface area contributed by atoms with E-state index in [9.17, 15) is 14.6 Å². The van der Waals surface area contributed by atoms with Crippen LogP contribution in [-0.4, -0.2) is 34.7 Å². The number of thioether (sulfide) groups is 1. The summed E-state index contributed by atoms with van der Waals surface area (Å²) in [4.78, 5) is 0.680. The molecule has 0 fully saturated rings. The van der Waals surface area contributed by atoms with Crippen molar-refractivity contribution in [3.63, 3.8) is 0 Å². The molecule has 0 aromatic heterocycles. The highest BCUT2D eigenvalue weighted by Gasteiger charge is 2.30. The first-order chi connectivity index (χ1) is 8.59. The lowest BCUT2D eigenvalue weighted by molar-refractivity contribution is 0.0927. The molecule has 0 spiro atoms. The number of halogens is 1. The van der Waals surface area contributed by atoms with E-state index in [-0.39, 0.29) is 25.1 Å². The quantitative estimate of drug-likeness (QED) is 0.780. The standard InChI is InChI=1S/C13H18FNO2S/c1-13(7-16,8-17)15-11-5-6-18-12-9(11)3-2-4-10(12)14/h2-4,11,15-17H,5-8H2,1H3. The van der Waals surface area contributed by atoms with E-state index < -0.39 is 5.54 Å². The first-order valence-corrected chi connectivity index (χ1v) is 6.99. The summed E-state index contributed by atoms with van der Waals surface area (Å²) >= 11 is 1.52. The van der Waals surface area contributed by atoms with Crippen LogP contribution in [0.5, 0.6) is 0 Å². The zero-order valence-corrected chi connectivity index (χ0v) is 11.1. The van der Waals surface area contributed by atoms with E-state index in [2.05, 4.69) is 5.32 Å². The minimum absolute atomic E-state index is 0.0266. The molecule has 100 valence electrons. The van der Waals surface area contributed by atoms with Crippen LogP contribution in [-0.2, 0) is 0 Å². The largest absolute Gasteiger partial charge is 0.394 e. The Balaban J connectivity index is 2.25. The van der Waals surface area contributed by atoms with Gasteiger partial charge in [-0.15, -0.1) is 11.8 Å². The molecule has 1 atom stereocenters. The van der Waals surface area contributed by atoms with Crippen LogP contribution < -0.4 is 5.32 Å². The molecule has 2 rings (SSSR count). The van der Waals surface area contributed by atoms with Gasteiger partial charge in [-0.25, -0.2) is 4.39 Å². The molecular formula is C13H18FNO2S. The molecule has 0 saturated carbocycles. The summed E-state index contributed by atoms with van der Waals surface area (Å²) in [5.74, 6) is 0.636. The topological polar surface area (TPSA) is 52.5 Å². The minimum Gasteiger partial charge on any atom is -0.394 e. The zero-order chi connectivity index (χ0) is 13.2. The molecule has 1 aromatic carbocycles. The van der Waals surface area contributed by atoms with Crippen molar-refractivity contribution in [2.24, 2.45) is 0 Å². The lowest BCUT2D eigenvalue weighted by atomic mass is 9.97. The third kappa shape index (κ3) is 2.69. The smallest absolute Gasteiger partial charge is 0.137 e. The van der Waals surface area contributed by atoms with E-state index in [1.165, 1.54) is 17.8 Å². The van der Waals surface area contributed by atoms with Crippen LogP contribution in [0.15, 0.2) is 23.1 Å². The Morgan fingerprint density at radius 1 is 1.44 bits per heavy atom. The van der Waals surface area contributed by atoms with Gasteiger partial charge in [0, 0.05) is 10.9 Å².